The Morgan fingerprint density at radius 1 is 1.45 bits per heavy atom. The van der Waals surface area contributed by atoms with Gasteiger partial charge < -0.3 is 14.8 Å². The van der Waals surface area contributed by atoms with Gasteiger partial charge in [-0.25, -0.2) is 4.98 Å². The molecule has 20 heavy (non-hydrogen) atoms. The summed E-state index contributed by atoms with van der Waals surface area (Å²) >= 11 is 3.31. The first-order valence-electron chi connectivity index (χ1n) is 6.52. The molecule has 0 unspecified atom stereocenters. The van der Waals surface area contributed by atoms with E-state index in [1.165, 1.54) is 0 Å². The highest BCUT2D eigenvalue weighted by atomic mass is 79.9. The molecule has 0 bridgehead atoms. The summed E-state index contributed by atoms with van der Waals surface area (Å²) in [6.45, 7) is 9.06. The second-order valence-corrected chi connectivity index (χ2v) is 6.80. The standard InChI is InChI=1S/C14H21BrN2O3/c1-5-19-6-7-20-12-10(2)8-11(9-16-12)17-13(18)14(3,4)15/h8-9H,5-7H2,1-4H3,(H,17,18). The summed E-state index contributed by atoms with van der Waals surface area (Å²) in [5, 5.41) is 2.80. The summed E-state index contributed by atoms with van der Waals surface area (Å²) in [5.74, 6) is 0.435. The number of pyridine rings is 1. The number of anilines is 1. The first-order chi connectivity index (χ1) is 9.34. The quantitative estimate of drug-likeness (QED) is 0.610. The number of nitrogens with zero attached hydrogens (tertiary/aromatic N) is 1. The van der Waals surface area contributed by atoms with E-state index >= 15 is 0 Å². The van der Waals surface area contributed by atoms with Gasteiger partial charge >= 0.3 is 0 Å². The van der Waals surface area contributed by atoms with Crippen molar-refractivity contribution in [3.63, 3.8) is 0 Å². The summed E-state index contributed by atoms with van der Waals surface area (Å²) in [7, 11) is 0. The molecule has 1 aromatic rings. The van der Waals surface area contributed by atoms with Crippen LogP contribution in [0.5, 0.6) is 5.88 Å². The number of hydrogen-bond acceptors (Lipinski definition) is 4. The summed E-state index contributed by atoms with van der Waals surface area (Å²) in [4.78, 5) is 16.0. The third kappa shape index (κ3) is 5.46. The molecular formula is C14H21BrN2O3. The maximum atomic E-state index is 11.8. The normalized spacial score (nSPS) is 11.2. The van der Waals surface area contributed by atoms with Crippen LogP contribution in [0.15, 0.2) is 12.3 Å². The Morgan fingerprint density at radius 2 is 2.15 bits per heavy atom. The van der Waals surface area contributed by atoms with Crippen LogP contribution in [-0.2, 0) is 9.53 Å². The van der Waals surface area contributed by atoms with E-state index in [1.54, 1.807) is 20.0 Å². The van der Waals surface area contributed by atoms with Crippen molar-refractivity contribution >= 4 is 27.5 Å². The molecule has 0 spiro atoms. The van der Waals surface area contributed by atoms with Gasteiger partial charge in [-0.2, -0.15) is 0 Å². The minimum Gasteiger partial charge on any atom is -0.475 e. The van der Waals surface area contributed by atoms with E-state index in [0.29, 0.717) is 31.4 Å². The summed E-state index contributed by atoms with van der Waals surface area (Å²) < 4.78 is 10.1. The molecule has 0 aliphatic carbocycles. The Hall–Kier alpha value is -1.14. The predicted octanol–water partition coefficient (Wildman–Crippen LogP) is 2.92. The fourth-order valence-corrected chi connectivity index (χ4v) is 1.50. The summed E-state index contributed by atoms with van der Waals surface area (Å²) in [6, 6.07) is 1.83. The van der Waals surface area contributed by atoms with Crippen molar-refractivity contribution in [3.8, 4) is 5.88 Å². The fourth-order valence-electron chi connectivity index (χ4n) is 1.40. The van der Waals surface area contributed by atoms with Crippen LogP contribution in [0.25, 0.3) is 0 Å². The Morgan fingerprint density at radius 3 is 2.70 bits per heavy atom. The average Bonchev–Trinajstić information content (AvgIpc) is 2.35. The van der Waals surface area contributed by atoms with Crippen LogP contribution in [0.3, 0.4) is 0 Å². The van der Waals surface area contributed by atoms with Crippen LogP contribution < -0.4 is 10.1 Å². The lowest BCUT2D eigenvalue weighted by Gasteiger charge is -2.16. The second kappa shape index (κ2) is 7.59. The minimum atomic E-state index is -0.617. The van der Waals surface area contributed by atoms with Crippen molar-refractivity contribution in [3.05, 3.63) is 17.8 Å². The molecule has 0 aliphatic heterocycles. The zero-order valence-corrected chi connectivity index (χ0v) is 13.9. The van der Waals surface area contributed by atoms with E-state index < -0.39 is 4.32 Å². The van der Waals surface area contributed by atoms with Gasteiger partial charge in [0, 0.05) is 12.2 Å². The van der Waals surface area contributed by atoms with E-state index in [1.807, 2.05) is 19.9 Å². The number of amides is 1. The Bertz CT molecular complexity index is 458. The van der Waals surface area contributed by atoms with Crippen molar-refractivity contribution in [2.75, 3.05) is 25.1 Å². The molecule has 0 saturated carbocycles. The molecule has 1 aromatic heterocycles. The second-order valence-electron chi connectivity index (χ2n) is 4.82. The van der Waals surface area contributed by atoms with E-state index in [0.717, 1.165) is 5.56 Å². The van der Waals surface area contributed by atoms with E-state index in [9.17, 15) is 4.79 Å². The Balaban J connectivity index is 2.61. The van der Waals surface area contributed by atoms with Crippen molar-refractivity contribution in [2.24, 2.45) is 0 Å². The lowest BCUT2D eigenvalue weighted by molar-refractivity contribution is -0.117. The number of ether oxygens (including phenoxy) is 2. The number of rotatable bonds is 7. The van der Waals surface area contributed by atoms with Crippen LogP contribution in [0.4, 0.5) is 5.69 Å². The number of alkyl halides is 1. The third-order valence-corrected chi connectivity index (χ3v) is 2.86. The molecule has 5 nitrogen and oxygen atoms in total. The molecule has 0 atom stereocenters. The topological polar surface area (TPSA) is 60.5 Å². The van der Waals surface area contributed by atoms with Crippen molar-refractivity contribution in [2.45, 2.75) is 32.0 Å². The molecule has 1 heterocycles. The molecule has 0 radical (unpaired) electrons. The lowest BCUT2D eigenvalue weighted by Crippen LogP contribution is -2.31. The molecular weight excluding hydrogens is 324 g/mol. The molecule has 0 aromatic carbocycles. The van der Waals surface area contributed by atoms with Gasteiger partial charge in [0.15, 0.2) is 0 Å². The summed E-state index contributed by atoms with van der Waals surface area (Å²) in [6.07, 6.45) is 1.58. The van der Waals surface area contributed by atoms with Gasteiger partial charge in [-0.05, 0) is 33.8 Å². The van der Waals surface area contributed by atoms with E-state index in [4.69, 9.17) is 9.47 Å². The highest BCUT2D eigenvalue weighted by Crippen LogP contribution is 2.22. The number of aromatic nitrogens is 1. The van der Waals surface area contributed by atoms with Crippen LogP contribution in [0.2, 0.25) is 0 Å². The summed E-state index contributed by atoms with van der Waals surface area (Å²) in [5.41, 5.74) is 1.52. The van der Waals surface area contributed by atoms with Crippen LogP contribution in [0, 0.1) is 6.92 Å². The van der Waals surface area contributed by atoms with E-state index in [-0.39, 0.29) is 5.91 Å². The molecule has 0 saturated heterocycles. The van der Waals surface area contributed by atoms with Gasteiger partial charge in [-0.15, -0.1) is 0 Å². The van der Waals surface area contributed by atoms with Gasteiger partial charge in [0.2, 0.25) is 11.8 Å². The van der Waals surface area contributed by atoms with E-state index in [2.05, 4.69) is 26.2 Å². The highest BCUT2D eigenvalue weighted by molar-refractivity contribution is 9.10. The first kappa shape index (κ1) is 16.9. The molecule has 112 valence electrons. The molecule has 1 amide bonds. The fraction of sp³-hybridized carbons (Fsp3) is 0.571. The Kier molecular flexibility index (Phi) is 6.42. The highest BCUT2D eigenvalue weighted by Gasteiger charge is 2.23. The molecule has 0 fully saturated rings. The monoisotopic (exact) mass is 344 g/mol. The number of carbonyl (C=O) groups excluding carboxylic acids is 1. The maximum Gasteiger partial charge on any atom is 0.240 e. The minimum absolute atomic E-state index is 0.122. The predicted molar refractivity (Wildman–Crippen MR) is 82.6 cm³/mol. The van der Waals surface area contributed by atoms with Crippen LogP contribution in [-0.4, -0.2) is 35.0 Å². The first-order valence-corrected chi connectivity index (χ1v) is 7.31. The Labute approximate surface area is 128 Å². The van der Waals surface area contributed by atoms with Gasteiger partial charge in [-0.3, -0.25) is 4.79 Å². The lowest BCUT2D eigenvalue weighted by atomic mass is 10.2. The number of aryl methyl sites for hydroxylation is 1. The maximum absolute atomic E-state index is 11.8. The van der Waals surface area contributed by atoms with Crippen molar-refractivity contribution < 1.29 is 14.3 Å². The average molecular weight is 345 g/mol. The molecule has 6 heteroatoms. The number of carbonyl (C=O) groups is 1. The van der Waals surface area contributed by atoms with Crippen LogP contribution in [0.1, 0.15) is 26.3 Å². The zero-order chi connectivity index (χ0) is 15.2. The van der Waals surface area contributed by atoms with Crippen molar-refractivity contribution in [1.82, 2.24) is 4.98 Å². The van der Waals surface area contributed by atoms with Crippen LogP contribution >= 0.6 is 15.9 Å². The number of nitrogens with one attached hydrogen (secondary N) is 1. The molecule has 0 aliphatic rings. The van der Waals surface area contributed by atoms with Gasteiger partial charge in [-0.1, -0.05) is 15.9 Å². The molecule has 1 N–H and O–H groups in total. The molecule has 1 rings (SSSR count). The SMILES string of the molecule is CCOCCOc1ncc(NC(=O)C(C)(C)Br)cc1C. The number of hydrogen-bond donors (Lipinski definition) is 1. The smallest absolute Gasteiger partial charge is 0.240 e. The third-order valence-electron chi connectivity index (χ3n) is 2.50. The van der Waals surface area contributed by atoms with Crippen molar-refractivity contribution in [1.29, 1.82) is 0 Å². The zero-order valence-electron chi connectivity index (χ0n) is 12.3. The number of halogens is 1. The van der Waals surface area contributed by atoms with Gasteiger partial charge in [0.05, 0.1) is 22.8 Å². The van der Waals surface area contributed by atoms with Gasteiger partial charge in [0.1, 0.15) is 6.61 Å². The van der Waals surface area contributed by atoms with Gasteiger partial charge in [0.25, 0.3) is 0 Å². The largest absolute Gasteiger partial charge is 0.475 e.